The number of benzene rings is 1. The van der Waals surface area contributed by atoms with Gasteiger partial charge in [-0.1, -0.05) is 19.1 Å². The van der Waals surface area contributed by atoms with Crippen molar-refractivity contribution < 1.29 is 4.79 Å². The van der Waals surface area contributed by atoms with Crippen molar-refractivity contribution >= 4 is 17.2 Å². The van der Waals surface area contributed by atoms with Crippen molar-refractivity contribution in [3.63, 3.8) is 0 Å². The van der Waals surface area contributed by atoms with Gasteiger partial charge in [-0.05, 0) is 31.5 Å². The Bertz CT molecular complexity index is 875. The van der Waals surface area contributed by atoms with E-state index in [1.807, 2.05) is 42.6 Å². The van der Waals surface area contributed by atoms with Crippen LogP contribution in [0.25, 0.3) is 11.3 Å². The third-order valence-corrected chi connectivity index (χ3v) is 4.77. The molecule has 0 spiro atoms. The molecule has 0 unspecified atom stereocenters. The molecule has 0 saturated carbocycles. The van der Waals surface area contributed by atoms with Crippen LogP contribution in [0.5, 0.6) is 0 Å². The Kier molecular flexibility index (Phi) is 5.73. The molecular formula is C20H22N4OS. The van der Waals surface area contributed by atoms with Crippen LogP contribution in [-0.4, -0.2) is 32.8 Å². The topological polar surface area (TPSA) is 59.0 Å². The van der Waals surface area contributed by atoms with Gasteiger partial charge in [0.25, 0.3) is 5.91 Å². The van der Waals surface area contributed by atoms with Gasteiger partial charge < -0.3 is 4.90 Å². The Balaban J connectivity index is 1.77. The Morgan fingerprint density at radius 2 is 1.96 bits per heavy atom. The van der Waals surface area contributed by atoms with Crippen molar-refractivity contribution in [2.75, 3.05) is 7.05 Å². The lowest BCUT2D eigenvalue weighted by Gasteiger charge is -2.16. The molecule has 1 amide bonds. The first-order valence-electron chi connectivity index (χ1n) is 8.65. The molecule has 1 aromatic carbocycles. The Labute approximate surface area is 157 Å². The minimum absolute atomic E-state index is 0.0164. The molecule has 3 rings (SSSR count). The third kappa shape index (κ3) is 4.32. The van der Waals surface area contributed by atoms with Gasteiger partial charge in [0.1, 0.15) is 10.8 Å². The first kappa shape index (κ1) is 18.2. The van der Waals surface area contributed by atoms with E-state index in [2.05, 4.69) is 21.9 Å². The highest BCUT2D eigenvalue weighted by atomic mass is 32.1. The molecule has 0 radical (unpaired) electrons. The summed E-state index contributed by atoms with van der Waals surface area (Å²) in [4.78, 5) is 27.6. The van der Waals surface area contributed by atoms with Gasteiger partial charge in [0.2, 0.25) is 0 Å². The Hall–Kier alpha value is -2.60. The van der Waals surface area contributed by atoms with Gasteiger partial charge in [0, 0.05) is 41.9 Å². The number of thiazole rings is 1. The van der Waals surface area contributed by atoms with Crippen molar-refractivity contribution in [2.24, 2.45) is 0 Å². The van der Waals surface area contributed by atoms with Crippen LogP contribution in [-0.2, 0) is 13.0 Å². The molecule has 26 heavy (non-hydrogen) atoms. The van der Waals surface area contributed by atoms with Crippen LogP contribution in [0.1, 0.15) is 40.2 Å². The van der Waals surface area contributed by atoms with Gasteiger partial charge in [0.05, 0.1) is 12.2 Å². The molecular weight excluding hydrogens is 344 g/mol. The van der Waals surface area contributed by atoms with Gasteiger partial charge in [-0.25, -0.2) is 15.0 Å². The summed E-state index contributed by atoms with van der Waals surface area (Å²) in [7, 11) is 1.79. The molecule has 0 aliphatic carbocycles. The standard InChI is InChI=1S/C20H22N4OS/c1-4-5-18-22-14(2)12-17(23-18)15-6-8-16(9-7-15)20(25)24(3)13-19-21-10-11-26-19/h6-12H,4-5,13H2,1-3H3. The van der Waals surface area contributed by atoms with Crippen molar-refractivity contribution in [1.82, 2.24) is 19.9 Å². The number of aryl methyl sites for hydroxylation is 2. The quantitative estimate of drug-likeness (QED) is 0.658. The van der Waals surface area contributed by atoms with Gasteiger partial charge in [0.15, 0.2) is 0 Å². The van der Waals surface area contributed by atoms with Crippen molar-refractivity contribution in [3.8, 4) is 11.3 Å². The Morgan fingerprint density at radius 1 is 1.19 bits per heavy atom. The number of aromatic nitrogens is 3. The fourth-order valence-corrected chi connectivity index (χ4v) is 3.39. The predicted octanol–water partition coefficient (Wildman–Crippen LogP) is 4.13. The molecule has 0 N–H and O–H groups in total. The molecule has 2 aromatic heterocycles. The lowest BCUT2D eigenvalue weighted by atomic mass is 10.1. The first-order chi connectivity index (χ1) is 12.6. The summed E-state index contributed by atoms with van der Waals surface area (Å²) in [5.74, 6) is 0.850. The van der Waals surface area contributed by atoms with E-state index in [-0.39, 0.29) is 5.91 Å². The highest BCUT2D eigenvalue weighted by Gasteiger charge is 2.13. The zero-order valence-corrected chi connectivity index (χ0v) is 16.1. The average molecular weight is 366 g/mol. The zero-order valence-electron chi connectivity index (χ0n) is 15.3. The number of hydrogen-bond donors (Lipinski definition) is 0. The third-order valence-electron chi connectivity index (χ3n) is 4.00. The van der Waals surface area contributed by atoms with Crippen LogP contribution in [0.15, 0.2) is 41.9 Å². The zero-order chi connectivity index (χ0) is 18.5. The molecule has 3 aromatic rings. The number of rotatable bonds is 6. The summed E-state index contributed by atoms with van der Waals surface area (Å²) in [6.45, 7) is 4.62. The van der Waals surface area contributed by atoms with Crippen LogP contribution in [0.3, 0.4) is 0 Å². The van der Waals surface area contributed by atoms with Gasteiger partial charge >= 0.3 is 0 Å². The van der Waals surface area contributed by atoms with Crippen LogP contribution in [0.4, 0.5) is 0 Å². The van der Waals surface area contributed by atoms with Crippen LogP contribution >= 0.6 is 11.3 Å². The van der Waals surface area contributed by atoms with Crippen molar-refractivity contribution in [2.45, 2.75) is 33.2 Å². The van der Waals surface area contributed by atoms with Crippen molar-refractivity contribution in [3.05, 3.63) is 64.0 Å². The smallest absolute Gasteiger partial charge is 0.253 e. The second kappa shape index (κ2) is 8.19. The second-order valence-corrected chi connectivity index (χ2v) is 7.20. The lowest BCUT2D eigenvalue weighted by molar-refractivity contribution is 0.0785. The van der Waals surface area contributed by atoms with Gasteiger partial charge in [-0.3, -0.25) is 4.79 Å². The average Bonchev–Trinajstić information content (AvgIpc) is 3.14. The predicted molar refractivity (Wildman–Crippen MR) is 104 cm³/mol. The van der Waals surface area contributed by atoms with E-state index in [4.69, 9.17) is 0 Å². The molecule has 134 valence electrons. The van der Waals surface area contributed by atoms with E-state index in [1.54, 1.807) is 29.5 Å². The Morgan fingerprint density at radius 3 is 2.62 bits per heavy atom. The van der Waals surface area contributed by atoms with E-state index in [0.717, 1.165) is 40.6 Å². The van der Waals surface area contributed by atoms with Crippen LogP contribution in [0.2, 0.25) is 0 Å². The molecule has 0 aliphatic heterocycles. The molecule has 0 atom stereocenters. The van der Waals surface area contributed by atoms with Crippen LogP contribution in [0, 0.1) is 6.92 Å². The number of nitrogens with zero attached hydrogens (tertiary/aromatic N) is 4. The largest absolute Gasteiger partial charge is 0.335 e. The maximum Gasteiger partial charge on any atom is 0.253 e. The first-order valence-corrected chi connectivity index (χ1v) is 9.53. The van der Waals surface area contributed by atoms with E-state index in [0.29, 0.717) is 12.1 Å². The lowest BCUT2D eigenvalue weighted by Crippen LogP contribution is -2.26. The van der Waals surface area contributed by atoms with Crippen molar-refractivity contribution in [1.29, 1.82) is 0 Å². The normalized spacial score (nSPS) is 10.7. The summed E-state index contributed by atoms with van der Waals surface area (Å²) < 4.78 is 0. The highest BCUT2D eigenvalue weighted by molar-refractivity contribution is 7.09. The van der Waals surface area contributed by atoms with E-state index < -0.39 is 0 Å². The summed E-state index contributed by atoms with van der Waals surface area (Å²) in [6, 6.07) is 9.58. The molecule has 5 nitrogen and oxygen atoms in total. The minimum Gasteiger partial charge on any atom is -0.335 e. The minimum atomic E-state index is -0.0164. The SMILES string of the molecule is CCCc1nc(C)cc(-c2ccc(C(=O)N(C)Cc3nccs3)cc2)n1. The fraction of sp³-hybridized carbons (Fsp3) is 0.300. The monoisotopic (exact) mass is 366 g/mol. The molecule has 2 heterocycles. The van der Waals surface area contributed by atoms with Gasteiger partial charge in [-0.2, -0.15) is 0 Å². The molecule has 0 aliphatic rings. The van der Waals surface area contributed by atoms with E-state index >= 15 is 0 Å². The molecule has 0 fully saturated rings. The molecule has 0 bridgehead atoms. The van der Waals surface area contributed by atoms with Crippen LogP contribution < -0.4 is 0 Å². The summed E-state index contributed by atoms with van der Waals surface area (Å²) >= 11 is 1.55. The van der Waals surface area contributed by atoms with E-state index in [1.165, 1.54) is 0 Å². The van der Waals surface area contributed by atoms with Gasteiger partial charge in [-0.15, -0.1) is 11.3 Å². The number of hydrogen-bond acceptors (Lipinski definition) is 5. The summed E-state index contributed by atoms with van der Waals surface area (Å²) in [5, 5.41) is 2.84. The number of amides is 1. The second-order valence-electron chi connectivity index (χ2n) is 6.23. The van der Waals surface area contributed by atoms with E-state index in [9.17, 15) is 4.79 Å². The number of carbonyl (C=O) groups excluding carboxylic acids is 1. The maximum atomic E-state index is 12.6. The molecule has 0 saturated heterocycles. The molecule has 6 heteroatoms. The summed E-state index contributed by atoms with van der Waals surface area (Å²) in [6.07, 6.45) is 3.64. The number of carbonyl (C=O) groups is 1. The summed E-state index contributed by atoms with van der Waals surface area (Å²) in [5.41, 5.74) is 3.51. The maximum absolute atomic E-state index is 12.6. The highest BCUT2D eigenvalue weighted by Crippen LogP contribution is 2.20. The fourth-order valence-electron chi connectivity index (χ4n) is 2.72.